The lowest BCUT2D eigenvalue weighted by atomic mass is 10.3. The van der Waals surface area contributed by atoms with E-state index in [1.54, 1.807) is 0 Å². The second-order valence-corrected chi connectivity index (χ2v) is 4.73. The molecule has 16 heavy (non-hydrogen) atoms. The highest BCUT2D eigenvalue weighted by atomic mass is 79.9. The number of benzene rings is 1. The van der Waals surface area contributed by atoms with Gasteiger partial charge in [0, 0.05) is 10.2 Å². The second-order valence-electron chi connectivity index (χ2n) is 3.03. The molecule has 0 saturated heterocycles. The van der Waals surface area contributed by atoms with Gasteiger partial charge in [-0.3, -0.25) is 4.79 Å². The van der Waals surface area contributed by atoms with Crippen LogP contribution < -0.4 is 10.9 Å². The van der Waals surface area contributed by atoms with Crippen molar-refractivity contribution in [2.75, 3.05) is 5.32 Å². The standard InChI is InChI=1S/C10H7Br2N3O/c11-6-1-3-7(4-2-6)15-9-8(12)10(16)14-5-13-9/h1-5H,(H2,13,14,15,16). The van der Waals surface area contributed by atoms with Gasteiger partial charge < -0.3 is 10.3 Å². The third-order valence-corrected chi connectivity index (χ3v) is 3.17. The lowest BCUT2D eigenvalue weighted by Crippen LogP contribution is -2.09. The number of hydrogen-bond donors (Lipinski definition) is 2. The summed E-state index contributed by atoms with van der Waals surface area (Å²) < 4.78 is 1.38. The highest BCUT2D eigenvalue weighted by molar-refractivity contribution is 9.10. The van der Waals surface area contributed by atoms with Gasteiger partial charge in [-0.15, -0.1) is 0 Å². The zero-order chi connectivity index (χ0) is 11.5. The van der Waals surface area contributed by atoms with Crippen LogP contribution in [0.3, 0.4) is 0 Å². The van der Waals surface area contributed by atoms with Crippen molar-refractivity contribution >= 4 is 43.4 Å². The van der Waals surface area contributed by atoms with Crippen molar-refractivity contribution in [1.82, 2.24) is 9.97 Å². The average molecular weight is 345 g/mol. The first-order chi connectivity index (χ1) is 7.66. The Bertz CT molecular complexity index is 551. The van der Waals surface area contributed by atoms with E-state index < -0.39 is 0 Å². The molecule has 0 fully saturated rings. The molecule has 0 unspecified atom stereocenters. The Morgan fingerprint density at radius 3 is 2.56 bits per heavy atom. The molecule has 2 aromatic rings. The van der Waals surface area contributed by atoms with E-state index in [1.165, 1.54) is 6.33 Å². The van der Waals surface area contributed by atoms with Crippen LogP contribution in [-0.4, -0.2) is 9.97 Å². The van der Waals surface area contributed by atoms with Crippen molar-refractivity contribution in [3.63, 3.8) is 0 Å². The van der Waals surface area contributed by atoms with Crippen molar-refractivity contribution in [2.24, 2.45) is 0 Å². The molecule has 1 heterocycles. The Morgan fingerprint density at radius 2 is 1.88 bits per heavy atom. The number of aromatic nitrogens is 2. The first-order valence-electron chi connectivity index (χ1n) is 4.42. The molecular formula is C10H7Br2N3O. The average Bonchev–Trinajstić information content (AvgIpc) is 2.28. The molecule has 82 valence electrons. The van der Waals surface area contributed by atoms with E-state index in [0.29, 0.717) is 10.3 Å². The van der Waals surface area contributed by atoms with Crippen LogP contribution in [0.1, 0.15) is 0 Å². The Hall–Kier alpha value is -1.14. The summed E-state index contributed by atoms with van der Waals surface area (Å²) in [4.78, 5) is 17.8. The SMILES string of the molecule is O=c1[nH]cnc(Nc2ccc(Br)cc2)c1Br. The van der Waals surface area contributed by atoms with Gasteiger partial charge in [0.05, 0.1) is 6.33 Å². The van der Waals surface area contributed by atoms with Gasteiger partial charge in [-0.2, -0.15) is 0 Å². The molecule has 2 rings (SSSR count). The first-order valence-corrected chi connectivity index (χ1v) is 6.01. The van der Waals surface area contributed by atoms with Gasteiger partial charge in [0.2, 0.25) is 0 Å². The number of rotatable bonds is 2. The summed E-state index contributed by atoms with van der Waals surface area (Å²) in [7, 11) is 0. The van der Waals surface area contributed by atoms with E-state index in [4.69, 9.17) is 0 Å². The highest BCUT2D eigenvalue weighted by Gasteiger charge is 2.04. The Balaban J connectivity index is 2.30. The van der Waals surface area contributed by atoms with Crippen LogP contribution in [0.15, 0.2) is 44.3 Å². The van der Waals surface area contributed by atoms with Crippen LogP contribution >= 0.6 is 31.9 Å². The zero-order valence-corrected chi connectivity index (χ0v) is 11.2. The fraction of sp³-hybridized carbons (Fsp3) is 0. The summed E-state index contributed by atoms with van der Waals surface area (Å²) in [6.07, 6.45) is 1.36. The predicted molar refractivity (Wildman–Crippen MR) is 70.0 cm³/mol. The molecule has 4 nitrogen and oxygen atoms in total. The zero-order valence-electron chi connectivity index (χ0n) is 8.00. The summed E-state index contributed by atoms with van der Waals surface area (Å²) >= 11 is 6.52. The van der Waals surface area contributed by atoms with Crippen LogP contribution in [0.4, 0.5) is 11.5 Å². The van der Waals surface area contributed by atoms with Crippen LogP contribution in [0.25, 0.3) is 0 Å². The topological polar surface area (TPSA) is 57.8 Å². The van der Waals surface area contributed by atoms with Gasteiger partial charge in [0.25, 0.3) is 5.56 Å². The van der Waals surface area contributed by atoms with Crippen LogP contribution in [0, 0.1) is 0 Å². The third kappa shape index (κ3) is 2.51. The maximum atomic E-state index is 11.3. The van der Waals surface area contributed by atoms with Gasteiger partial charge in [0.15, 0.2) is 5.82 Å². The van der Waals surface area contributed by atoms with Gasteiger partial charge in [-0.25, -0.2) is 4.98 Å². The number of aromatic amines is 1. The van der Waals surface area contributed by atoms with Crippen molar-refractivity contribution in [2.45, 2.75) is 0 Å². The molecule has 0 aliphatic heterocycles. The van der Waals surface area contributed by atoms with Crippen LogP contribution in [0.2, 0.25) is 0 Å². The van der Waals surface area contributed by atoms with Crippen molar-refractivity contribution < 1.29 is 0 Å². The monoisotopic (exact) mass is 343 g/mol. The first kappa shape index (κ1) is 11.3. The molecule has 6 heteroatoms. The molecule has 0 saturated carbocycles. The maximum absolute atomic E-state index is 11.3. The molecule has 0 atom stereocenters. The fourth-order valence-electron chi connectivity index (χ4n) is 1.14. The predicted octanol–water partition coefficient (Wildman–Crippen LogP) is 3.04. The van der Waals surface area contributed by atoms with E-state index in [1.807, 2.05) is 24.3 Å². The normalized spacial score (nSPS) is 10.1. The molecule has 2 N–H and O–H groups in total. The van der Waals surface area contributed by atoms with Crippen LogP contribution in [-0.2, 0) is 0 Å². The van der Waals surface area contributed by atoms with Crippen molar-refractivity contribution in [3.05, 3.63) is 49.9 Å². The summed E-state index contributed by atoms with van der Waals surface area (Å²) in [5.74, 6) is 0.492. The van der Waals surface area contributed by atoms with Crippen molar-refractivity contribution in [1.29, 1.82) is 0 Å². The Kier molecular flexibility index (Phi) is 3.40. The minimum absolute atomic E-state index is 0.213. The molecule has 1 aromatic heterocycles. The summed E-state index contributed by atoms with van der Waals surface area (Å²) in [5.41, 5.74) is 0.650. The van der Waals surface area contributed by atoms with Crippen LogP contribution in [0.5, 0.6) is 0 Å². The summed E-state index contributed by atoms with van der Waals surface area (Å²) in [5, 5.41) is 3.04. The molecule has 0 aliphatic carbocycles. The van der Waals surface area contributed by atoms with E-state index in [2.05, 4.69) is 47.1 Å². The summed E-state index contributed by atoms with van der Waals surface area (Å²) in [6, 6.07) is 7.59. The van der Waals surface area contributed by atoms with E-state index in [0.717, 1.165) is 10.2 Å². The Labute approximate surface area is 108 Å². The molecule has 0 spiro atoms. The molecule has 0 radical (unpaired) electrons. The molecular weight excluding hydrogens is 338 g/mol. The lowest BCUT2D eigenvalue weighted by molar-refractivity contribution is 1.10. The van der Waals surface area contributed by atoms with Gasteiger partial charge in [-0.05, 0) is 40.2 Å². The number of anilines is 2. The summed E-state index contributed by atoms with van der Waals surface area (Å²) in [6.45, 7) is 0. The molecule has 0 aliphatic rings. The van der Waals surface area contributed by atoms with Gasteiger partial charge in [-0.1, -0.05) is 15.9 Å². The quantitative estimate of drug-likeness (QED) is 0.880. The Morgan fingerprint density at radius 1 is 1.19 bits per heavy atom. The van der Waals surface area contributed by atoms with Crippen molar-refractivity contribution in [3.8, 4) is 0 Å². The van der Waals surface area contributed by atoms with E-state index in [9.17, 15) is 4.79 Å². The van der Waals surface area contributed by atoms with Gasteiger partial charge >= 0.3 is 0 Å². The van der Waals surface area contributed by atoms with E-state index in [-0.39, 0.29) is 5.56 Å². The maximum Gasteiger partial charge on any atom is 0.267 e. The van der Waals surface area contributed by atoms with Gasteiger partial charge in [0.1, 0.15) is 4.47 Å². The highest BCUT2D eigenvalue weighted by Crippen LogP contribution is 2.21. The fourth-order valence-corrected chi connectivity index (χ4v) is 1.72. The molecule has 1 aromatic carbocycles. The number of nitrogens with zero attached hydrogens (tertiary/aromatic N) is 1. The smallest absolute Gasteiger partial charge is 0.267 e. The number of halogens is 2. The third-order valence-electron chi connectivity index (χ3n) is 1.90. The largest absolute Gasteiger partial charge is 0.339 e. The van der Waals surface area contributed by atoms with E-state index >= 15 is 0 Å². The number of hydrogen-bond acceptors (Lipinski definition) is 3. The number of nitrogens with one attached hydrogen (secondary N) is 2. The molecule has 0 bridgehead atoms. The molecule has 0 amide bonds. The number of H-pyrrole nitrogens is 1. The minimum atomic E-state index is -0.213. The lowest BCUT2D eigenvalue weighted by Gasteiger charge is -2.06. The minimum Gasteiger partial charge on any atom is -0.339 e. The second kappa shape index (κ2) is 4.80.